The predicted molar refractivity (Wildman–Crippen MR) is 146 cm³/mol. The molecular formula is C26H33IN6O. The molecule has 3 aromatic rings. The smallest absolute Gasteiger partial charge is 0.223 e. The largest absolute Gasteiger partial charge is 0.356 e. The summed E-state index contributed by atoms with van der Waals surface area (Å²) >= 11 is 0. The molecule has 2 N–H and O–H groups in total. The molecule has 0 bridgehead atoms. The number of carbonyl (C=O) groups is 1. The van der Waals surface area contributed by atoms with Gasteiger partial charge in [-0.15, -0.1) is 24.0 Å². The lowest BCUT2D eigenvalue weighted by Gasteiger charge is -2.18. The van der Waals surface area contributed by atoms with E-state index in [1.165, 1.54) is 16.7 Å². The molecule has 0 spiro atoms. The Labute approximate surface area is 218 Å². The van der Waals surface area contributed by atoms with Crippen LogP contribution >= 0.6 is 24.0 Å². The van der Waals surface area contributed by atoms with E-state index in [0.29, 0.717) is 18.9 Å². The number of amides is 1. The minimum atomic E-state index is 0. The zero-order valence-electron chi connectivity index (χ0n) is 19.6. The number of nitrogens with zero attached hydrogens (tertiary/aromatic N) is 4. The molecule has 1 aliphatic rings. The highest BCUT2D eigenvalue weighted by Gasteiger charge is 2.29. The van der Waals surface area contributed by atoms with Gasteiger partial charge in [-0.1, -0.05) is 54.6 Å². The average molecular weight is 572 g/mol. The van der Waals surface area contributed by atoms with Crippen molar-refractivity contribution >= 4 is 35.8 Å². The highest BCUT2D eigenvalue weighted by atomic mass is 127. The molecule has 4 rings (SSSR count). The Morgan fingerprint density at radius 3 is 2.56 bits per heavy atom. The zero-order chi connectivity index (χ0) is 22.9. The number of likely N-dealkylation sites (tertiary alicyclic amines) is 1. The fourth-order valence-electron chi connectivity index (χ4n) is 4.21. The Kier molecular flexibility index (Phi) is 9.93. The summed E-state index contributed by atoms with van der Waals surface area (Å²) in [6.07, 6.45) is 5.25. The van der Waals surface area contributed by atoms with Crippen molar-refractivity contribution in [2.75, 3.05) is 26.7 Å². The highest BCUT2D eigenvalue weighted by molar-refractivity contribution is 14.0. The number of rotatable bonds is 9. The van der Waals surface area contributed by atoms with Crippen LogP contribution in [0.15, 0.2) is 78.0 Å². The van der Waals surface area contributed by atoms with Gasteiger partial charge in [-0.05, 0) is 29.2 Å². The van der Waals surface area contributed by atoms with Gasteiger partial charge in [0, 0.05) is 58.0 Å². The predicted octanol–water partition coefficient (Wildman–Crippen LogP) is 3.31. The van der Waals surface area contributed by atoms with Crippen molar-refractivity contribution in [2.45, 2.75) is 25.9 Å². The maximum Gasteiger partial charge on any atom is 0.223 e. The molecule has 180 valence electrons. The van der Waals surface area contributed by atoms with Crippen LogP contribution in [0.25, 0.3) is 0 Å². The minimum absolute atomic E-state index is 0. The van der Waals surface area contributed by atoms with Crippen molar-refractivity contribution in [3.05, 3.63) is 89.7 Å². The zero-order valence-corrected chi connectivity index (χ0v) is 21.9. The van der Waals surface area contributed by atoms with Crippen LogP contribution in [-0.4, -0.2) is 53.2 Å². The second kappa shape index (κ2) is 13.1. The van der Waals surface area contributed by atoms with Crippen LogP contribution in [-0.2, 0) is 24.3 Å². The van der Waals surface area contributed by atoms with Crippen molar-refractivity contribution in [2.24, 2.45) is 10.9 Å². The number of benzene rings is 2. The molecular weight excluding hydrogens is 539 g/mol. The highest BCUT2D eigenvalue weighted by Crippen LogP contribution is 2.17. The summed E-state index contributed by atoms with van der Waals surface area (Å²) < 4.78 is 1.92. The third-order valence-electron chi connectivity index (χ3n) is 6.05. The van der Waals surface area contributed by atoms with Gasteiger partial charge in [0.2, 0.25) is 5.91 Å². The van der Waals surface area contributed by atoms with E-state index in [0.717, 1.165) is 38.6 Å². The summed E-state index contributed by atoms with van der Waals surface area (Å²) in [5.74, 6) is 1.28. The van der Waals surface area contributed by atoms with Crippen molar-refractivity contribution in [1.82, 2.24) is 25.3 Å². The van der Waals surface area contributed by atoms with Gasteiger partial charge >= 0.3 is 0 Å². The van der Waals surface area contributed by atoms with Gasteiger partial charge in [-0.2, -0.15) is 5.10 Å². The van der Waals surface area contributed by atoms with E-state index >= 15 is 0 Å². The SMILES string of the molecule is CN=C(NCc1ccccc1Cn1cccn1)NCC1CC(=O)N(CCc2ccccc2)C1.I. The summed E-state index contributed by atoms with van der Waals surface area (Å²) in [5, 5.41) is 11.1. The second-order valence-corrected chi connectivity index (χ2v) is 8.42. The fraction of sp³-hybridized carbons (Fsp3) is 0.346. The first-order chi connectivity index (χ1) is 16.2. The summed E-state index contributed by atoms with van der Waals surface area (Å²) in [5.41, 5.74) is 3.70. The Morgan fingerprint density at radius 1 is 1.06 bits per heavy atom. The Balaban J connectivity index is 0.00000324. The molecule has 1 saturated heterocycles. The van der Waals surface area contributed by atoms with Gasteiger partial charge in [0.15, 0.2) is 5.96 Å². The lowest BCUT2D eigenvalue weighted by molar-refractivity contribution is -0.127. The molecule has 1 aliphatic heterocycles. The van der Waals surface area contributed by atoms with E-state index in [1.807, 2.05) is 46.1 Å². The van der Waals surface area contributed by atoms with E-state index in [2.05, 4.69) is 51.1 Å². The lowest BCUT2D eigenvalue weighted by Crippen LogP contribution is -2.40. The summed E-state index contributed by atoms with van der Waals surface area (Å²) in [6, 6.07) is 20.6. The maximum absolute atomic E-state index is 12.4. The normalized spacial score (nSPS) is 15.8. The number of guanidine groups is 1. The molecule has 0 saturated carbocycles. The van der Waals surface area contributed by atoms with Crippen LogP contribution in [0.3, 0.4) is 0 Å². The third-order valence-corrected chi connectivity index (χ3v) is 6.05. The molecule has 1 aromatic heterocycles. The van der Waals surface area contributed by atoms with Crippen LogP contribution in [0.1, 0.15) is 23.1 Å². The number of hydrogen-bond acceptors (Lipinski definition) is 3. The Hall–Kier alpha value is -2.88. The van der Waals surface area contributed by atoms with Crippen molar-refractivity contribution in [3.8, 4) is 0 Å². The number of halogens is 1. The number of aliphatic imine (C=N–C) groups is 1. The number of nitrogens with one attached hydrogen (secondary N) is 2. The lowest BCUT2D eigenvalue weighted by atomic mass is 10.1. The molecule has 0 radical (unpaired) electrons. The molecule has 2 aromatic carbocycles. The summed E-state index contributed by atoms with van der Waals surface area (Å²) in [6.45, 7) is 3.70. The van der Waals surface area contributed by atoms with Crippen LogP contribution in [0.4, 0.5) is 0 Å². The van der Waals surface area contributed by atoms with E-state index < -0.39 is 0 Å². The van der Waals surface area contributed by atoms with Gasteiger partial charge < -0.3 is 15.5 Å². The fourth-order valence-corrected chi connectivity index (χ4v) is 4.21. The van der Waals surface area contributed by atoms with Crippen LogP contribution in [0.5, 0.6) is 0 Å². The molecule has 8 heteroatoms. The van der Waals surface area contributed by atoms with Gasteiger partial charge in [0.1, 0.15) is 0 Å². The number of hydrogen-bond donors (Lipinski definition) is 2. The maximum atomic E-state index is 12.4. The summed E-state index contributed by atoms with van der Waals surface area (Å²) in [4.78, 5) is 18.8. The van der Waals surface area contributed by atoms with Gasteiger partial charge in [-0.25, -0.2) is 0 Å². The van der Waals surface area contributed by atoms with Gasteiger partial charge in [-0.3, -0.25) is 14.5 Å². The van der Waals surface area contributed by atoms with Crippen LogP contribution in [0.2, 0.25) is 0 Å². The molecule has 0 aliphatic carbocycles. The van der Waals surface area contributed by atoms with E-state index in [9.17, 15) is 4.79 Å². The number of aromatic nitrogens is 2. The van der Waals surface area contributed by atoms with Gasteiger partial charge in [0.25, 0.3) is 0 Å². The van der Waals surface area contributed by atoms with E-state index in [4.69, 9.17) is 0 Å². The standard InChI is InChI=1S/C26H32N6O.HI/c1-27-26(29-18-23-10-5-6-11-24(23)20-32-14-7-13-30-32)28-17-22-16-25(33)31(19-22)15-12-21-8-3-2-4-9-21;/h2-11,13-14,22H,12,15-20H2,1H3,(H2,27,28,29);1H. The quantitative estimate of drug-likeness (QED) is 0.235. The van der Waals surface area contributed by atoms with Crippen molar-refractivity contribution in [3.63, 3.8) is 0 Å². The second-order valence-electron chi connectivity index (χ2n) is 8.42. The molecule has 1 fully saturated rings. The topological polar surface area (TPSA) is 74.5 Å². The van der Waals surface area contributed by atoms with Crippen LogP contribution < -0.4 is 10.6 Å². The molecule has 7 nitrogen and oxygen atoms in total. The molecule has 1 unspecified atom stereocenters. The first-order valence-electron chi connectivity index (χ1n) is 11.5. The molecule has 2 heterocycles. The molecule has 1 atom stereocenters. The first kappa shape index (κ1) is 25.7. The van der Waals surface area contributed by atoms with Gasteiger partial charge in [0.05, 0.1) is 6.54 Å². The van der Waals surface area contributed by atoms with E-state index in [-0.39, 0.29) is 29.9 Å². The van der Waals surface area contributed by atoms with E-state index in [1.54, 1.807) is 13.2 Å². The number of carbonyl (C=O) groups excluding carboxylic acids is 1. The Bertz CT molecular complexity index is 1050. The molecule has 34 heavy (non-hydrogen) atoms. The van der Waals surface area contributed by atoms with Crippen LogP contribution in [0, 0.1) is 5.92 Å². The minimum Gasteiger partial charge on any atom is -0.356 e. The monoisotopic (exact) mass is 572 g/mol. The Morgan fingerprint density at radius 2 is 1.82 bits per heavy atom. The third kappa shape index (κ3) is 7.31. The molecule has 1 amide bonds. The summed E-state index contributed by atoms with van der Waals surface area (Å²) in [7, 11) is 1.77. The first-order valence-corrected chi connectivity index (χ1v) is 11.5. The van der Waals surface area contributed by atoms with Crippen molar-refractivity contribution < 1.29 is 4.79 Å². The average Bonchev–Trinajstić information content (AvgIpc) is 3.48. The van der Waals surface area contributed by atoms with Crippen molar-refractivity contribution in [1.29, 1.82) is 0 Å².